The Morgan fingerprint density at radius 3 is 2.65 bits per heavy atom. The number of nitro groups is 1. The largest absolute Gasteiger partial charge is 0.496 e. The monoisotopic (exact) mass is 458 g/mol. The zero-order chi connectivity index (χ0) is 23.8. The predicted octanol–water partition coefficient (Wildman–Crippen LogP) is 4.88. The van der Waals surface area contributed by atoms with E-state index in [-0.39, 0.29) is 17.2 Å². The Bertz CT molecular complexity index is 1330. The van der Waals surface area contributed by atoms with Crippen LogP contribution in [-0.4, -0.2) is 29.4 Å². The quantitative estimate of drug-likeness (QED) is 0.306. The van der Waals surface area contributed by atoms with E-state index in [4.69, 9.17) is 14.2 Å². The van der Waals surface area contributed by atoms with Gasteiger partial charge in [-0.05, 0) is 42.8 Å². The highest BCUT2D eigenvalue weighted by atomic mass is 16.6. The van der Waals surface area contributed by atoms with Crippen molar-refractivity contribution in [2.24, 2.45) is 0 Å². The molecule has 0 aromatic heterocycles. The van der Waals surface area contributed by atoms with Crippen molar-refractivity contribution >= 4 is 17.5 Å². The van der Waals surface area contributed by atoms with E-state index in [1.54, 1.807) is 25.3 Å². The summed E-state index contributed by atoms with van der Waals surface area (Å²) in [4.78, 5) is 25.6. The molecule has 0 unspecified atom stereocenters. The molecule has 0 saturated carbocycles. The number of hydrogen-bond acceptors (Lipinski definition) is 7. The van der Waals surface area contributed by atoms with Gasteiger partial charge in [0.25, 0.3) is 5.69 Å². The first-order chi connectivity index (χ1) is 16.4. The molecule has 5 rings (SSSR count). The van der Waals surface area contributed by atoms with Gasteiger partial charge in [-0.3, -0.25) is 19.8 Å². The lowest BCUT2D eigenvalue weighted by atomic mass is 9.99. The second-order valence-corrected chi connectivity index (χ2v) is 8.23. The van der Waals surface area contributed by atoms with Gasteiger partial charge in [0.1, 0.15) is 24.0 Å². The van der Waals surface area contributed by atoms with Gasteiger partial charge in [-0.2, -0.15) is 0 Å². The third-order valence-corrected chi connectivity index (χ3v) is 5.99. The Kier molecular flexibility index (Phi) is 5.51. The summed E-state index contributed by atoms with van der Waals surface area (Å²) in [5, 5.41) is 10.9. The van der Waals surface area contributed by atoms with E-state index in [1.807, 2.05) is 37.3 Å². The van der Waals surface area contributed by atoms with E-state index >= 15 is 0 Å². The normalized spacial score (nSPS) is 15.9. The van der Waals surface area contributed by atoms with Crippen LogP contribution in [0.25, 0.3) is 6.08 Å². The zero-order valence-electron chi connectivity index (χ0n) is 18.7. The molecule has 172 valence electrons. The Hall–Kier alpha value is -4.17. The number of allylic oxidation sites excluding steroid dienone is 1. The number of ketones is 1. The molecule has 0 aliphatic carbocycles. The summed E-state index contributed by atoms with van der Waals surface area (Å²) < 4.78 is 17.5. The van der Waals surface area contributed by atoms with Crippen LogP contribution in [0.2, 0.25) is 0 Å². The molecule has 0 amide bonds. The maximum atomic E-state index is 13.1. The van der Waals surface area contributed by atoms with E-state index in [9.17, 15) is 14.9 Å². The van der Waals surface area contributed by atoms with Crippen molar-refractivity contribution in [3.05, 3.63) is 98.3 Å². The van der Waals surface area contributed by atoms with E-state index in [0.717, 1.165) is 28.2 Å². The Balaban J connectivity index is 1.40. The van der Waals surface area contributed by atoms with Crippen LogP contribution in [0, 0.1) is 17.0 Å². The average molecular weight is 458 g/mol. The third kappa shape index (κ3) is 3.88. The molecule has 0 radical (unpaired) electrons. The number of carbonyl (C=O) groups excluding carboxylic acids is 1. The van der Waals surface area contributed by atoms with Gasteiger partial charge in [0.2, 0.25) is 5.78 Å². The van der Waals surface area contributed by atoms with E-state index in [1.165, 1.54) is 12.1 Å². The molecule has 0 fully saturated rings. The summed E-state index contributed by atoms with van der Waals surface area (Å²) in [5.41, 5.74) is 3.89. The van der Waals surface area contributed by atoms with Gasteiger partial charge in [0.05, 0.1) is 17.6 Å². The fourth-order valence-electron chi connectivity index (χ4n) is 4.32. The van der Waals surface area contributed by atoms with Crippen LogP contribution in [0.3, 0.4) is 0 Å². The van der Waals surface area contributed by atoms with Crippen molar-refractivity contribution in [2.45, 2.75) is 20.0 Å². The van der Waals surface area contributed by atoms with Crippen LogP contribution in [0.15, 0.2) is 60.4 Å². The number of nitro benzene ring substituents is 1. The molecular weight excluding hydrogens is 436 g/mol. The van der Waals surface area contributed by atoms with Gasteiger partial charge in [-0.1, -0.05) is 18.2 Å². The summed E-state index contributed by atoms with van der Waals surface area (Å²) in [6.45, 7) is 3.56. The number of para-hydroxylation sites is 1. The van der Waals surface area contributed by atoms with Crippen molar-refractivity contribution in [3.8, 4) is 17.2 Å². The van der Waals surface area contributed by atoms with Gasteiger partial charge in [-0.25, -0.2) is 0 Å². The molecular formula is C26H22N2O6. The van der Waals surface area contributed by atoms with Crippen LogP contribution in [0.5, 0.6) is 17.2 Å². The topological polar surface area (TPSA) is 91.1 Å². The molecule has 0 spiro atoms. The second-order valence-electron chi connectivity index (χ2n) is 8.23. The second kappa shape index (κ2) is 8.64. The summed E-state index contributed by atoms with van der Waals surface area (Å²) in [5.74, 6) is 2.01. The highest BCUT2D eigenvalue weighted by Gasteiger charge is 2.33. The Labute approximate surface area is 196 Å². The first kappa shape index (κ1) is 21.7. The van der Waals surface area contributed by atoms with E-state index in [2.05, 4.69) is 4.90 Å². The Morgan fingerprint density at radius 2 is 1.91 bits per heavy atom. The average Bonchev–Trinajstić information content (AvgIpc) is 3.15. The Morgan fingerprint density at radius 1 is 1.15 bits per heavy atom. The van der Waals surface area contributed by atoms with Gasteiger partial charge >= 0.3 is 0 Å². The first-order valence-electron chi connectivity index (χ1n) is 10.8. The number of fused-ring (bicyclic) bond motifs is 2. The lowest BCUT2D eigenvalue weighted by Crippen LogP contribution is -2.32. The maximum Gasteiger partial charge on any atom is 0.269 e. The van der Waals surface area contributed by atoms with E-state index < -0.39 is 4.92 Å². The molecule has 2 heterocycles. The molecule has 0 N–H and O–H groups in total. The van der Waals surface area contributed by atoms with Crippen LogP contribution in [0.1, 0.15) is 32.6 Å². The number of benzene rings is 3. The predicted molar refractivity (Wildman–Crippen MR) is 125 cm³/mol. The number of nitrogens with zero attached hydrogens (tertiary/aromatic N) is 2. The summed E-state index contributed by atoms with van der Waals surface area (Å²) >= 11 is 0. The molecule has 8 heteroatoms. The number of hydrogen-bond donors (Lipinski definition) is 0. The fraction of sp³-hybridized carbons (Fsp3) is 0.192. The van der Waals surface area contributed by atoms with Crippen molar-refractivity contribution in [2.75, 3.05) is 13.8 Å². The van der Waals surface area contributed by atoms with Crippen molar-refractivity contribution in [1.82, 2.24) is 4.90 Å². The number of rotatable bonds is 5. The summed E-state index contributed by atoms with van der Waals surface area (Å²) in [7, 11) is 1.65. The number of carbonyl (C=O) groups is 1. The van der Waals surface area contributed by atoms with E-state index in [0.29, 0.717) is 36.7 Å². The fourth-order valence-corrected chi connectivity index (χ4v) is 4.32. The minimum Gasteiger partial charge on any atom is -0.496 e. The maximum absolute atomic E-state index is 13.1. The number of ether oxygens (including phenoxy) is 3. The molecule has 3 aromatic carbocycles. The van der Waals surface area contributed by atoms with Crippen molar-refractivity contribution < 1.29 is 23.9 Å². The molecule has 8 nitrogen and oxygen atoms in total. The summed E-state index contributed by atoms with van der Waals surface area (Å²) in [6.07, 6.45) is 1.60. The highest BCUT2D eigenvalue weighted by molar-refractivity contribution is 6.15. The van der Waals surface area contributed by atoms with Gasteiger partial charge < -0.3 is 14.2 Å². The molecule has 34 heavy (non-hydrogen) atoms. The number of methoxy groups -OCH3 is 1. The minimum absolute atomic E-state index is 0.0116. The molecule has 0 saturated heterocycles. The molecule has 0 bridgehead atoms. The number of non-ortho nitro benzene ring substituents is 1. The van der Waals surface area contributed by atoms with Crippen LogP contribution < -0.4 is 14.2 Å². The smallest absolute Gasteiger partial charge is 0.269 e. The SMILES string of the molecule is COc1ccccc1CN1COc2c(cc3c(c2C)O/C(=C\c2ccc([N+](=O)[O-])cc2)C3=O)C1. The minimum atomic E-state index is -0.463. The van der Waals surface area contributed by atoms with Gasteiger partial charge in [-0.15, -0.1) is 0 Å². The van der Waals surface area contributed by atoms with Gasteiger partial charge in [0, 0.05) is 41.9 Å². The zero-order valence-corrected chi connectivity index (χ0v) is 18.7. The molecule has 2 aliphatic heterocycles. The summed E-state index contributed by atoms with van der Waals surface area (Å²) in [6, 6.07) is 15.7. The lowest BCUT2D eigenvalue weighted by molar-refractivity contribution is -0.384. The number of Topliss-reactive ketones (excluding diaryl/α,β-unsaturated/α-hetero) is 1. The van der Waals surface area contributed by atoms with Crippen LogP contribution in [0.4, 0.5) is 5.69 Å². The standard InChI is InChI=1S/C26H22N2O6/c1-16-25-19(14-27(15-33-25)13-18-5-3-4-6-22(18)32-2)12-21-24(29)23(34-26(16)21)11-17-7-9-20(10-8-17)28(30)31/h3-12H,13-15H2,1-2H3/b23-11-. The third-order valence-electron chi connectivity index (χ3n) is 5.99. The van der Waals surface area contributed by atoms with Crippen LogP contribution >= 0.6 is 0 Å². The molecule has 0 atom stereocenters. The van der Waals surface area contributed by atoms with Gasteiger partial charge in [0.15, 0.2) is 5.76 Å². The van der Waals surface area contributed by atoms with Crippen molar-refractivity contribution in [1.29, 1.82) is 0 Å². The van der Waals surface area contributed by atoms with Crippen molar-refractivity contribution in [3.63, 3.8) is 0 Å². The lowest BCUT2D eigenvalue weighted by Gasteiger charge is -2.30. The first-order valence-corrected chi connectivity index (χ1v) is 10.8. The molecule has 3 aromatic rings. The highest BCUT2D eigenvalue weighted by Crippen LogP contribution is 2.43. The van der Waals surface area contributed by atoms with Crippen LogP contribution in [-0.2, 0) is 13.1 Å². The molecule has 2 aliphatic rings.